The lowest BCUT2D eigenvalue weighted by Gasteiger charge is -2.26. The number of aromatic hydroxyl groups is 1. The van der Waals surface area contributed by atoms with Crippen LogP contribution in [0.1, 0.15) is 31.7 Å². The van der Waals surface area contributed by atoms with E-state index in [1.165, 1.54) is 31.2 Å². The van der Waals surface area contributed by atoms with E-state index in [0.29, 0.717) is 24.9 Å². The number of aliphatic hydroxyl groups is 1. The average molecular weight is 514 g/mol. The number of phenolic OH excluding ortho intramolecular Hbond substituents is 1. The topological polar surface area (TPSA) is 217 Å². The number of aliphatic hydroxyl groups excluding tert-OH is 1. The molecule has 0 saturated carbocycles. The third-order valence-electron chi connectivity index (χ3n) is 5.17. The summed E-state index contributed by atoms with van der Waals surface area (Å²) in [5.41, 5.74) is 11.8. The standard InChI is InChI=1S/C22H35N5O7S/c1-12(28)18(22(33)34)27-21(32)17(10-13-5-7-14(29)8-6-13)26-20(31)16(4-2-3-9-23)25-19(30)15(24)11-35/h5-8,12,15-18,28-29,35H,2-4,9-11,23-24H2,1H3,(H,25,30)(H,26,31)(H,27,32)(H,33,34). The molecule has 5 unspecified atom stereocenters. The Labute approximate surface area is 209 Å². The van der Waals surface area contributed by atoms with E-state index < -0.39 is 54.0 Å². The van der Waals surface area contributed by atoms with Gasteiger partial charge in [0.2, 0.25) is 17.7 Å². The molecule has 13 heteroatoms. The minimum Gasteiger partial charge on any atom is -0.508 e. The van der Waals surface area contributed by atoms with E-state index in [1.54, 1.807) is 0 Å². The van der Waals surface area contributed by atoms with Gasteiger partial charge in [-0.1, -0.05) is 12.1 Å². The van der Waals surface area contributed by atoms with E-state index in [4.69, 9.17) is 11.5 Å². The summed E-state index contributed by atoms with van der Waals surface area (Å²) in [4.78, 5) is 49.7. The number of thiol groups is 1. The lowest BCUT2D eigenvalue weighted by Crippen LogP contribution is -2.58. The number of phenols is 1. The predicted molar refractivity (Wildman–Crippen MR) is 132 cm³/mol. The minimum absolute atomic E-state index is 0.00189. The molecule has 0 spiro atoms. The summed E-state index contributed by atoms with van der Waals surface area (Å²) in [6.45, 7) is 1.60. The van der Waals surface area contributed by atoms with E-state index in [0.717, 1.165) is 0 Å². The number of amides is 3. The summed E-state index contributed by atoms with van der Waals surface area (Å²) in [6, 6.07) is 1.06. The molecule has 5 atom stereocenters. The van der Waals surface area contributed by atoms with Crippen molar-refractivity contribution in [3.63, 3.8) is 0 Å². The molecule has 0 aliphatic carbocycles. The highest BCUT2D eigenvalue weighted by Gasteiger charge is 2.31. The first-order valence-electron chi connectivity index (χ1n) is 11.2. The molecule has 12 nitrogen and oxygen atoms in total. The summed E-state index contributed by atoms with van der Waals surface area (Å²) in [5, 5.41) is 35.8. The van der Waals surface area contributed by atoms with Gasteiger partial charge in [-0.3, -0.25) is 14.4 Å². The number of aliphatic carboxylic acids is 1. The maximum atomic E-state index is 13.1. The quantitative estimate of drug-likeness (QED) is 0.0957. The second kappa shape index (κ2) is 15.2. The Kier molecular flexibility index (Phi) is 13.1. The van der Waals surface area contributed by atoms with Crippen LogP contribution in [0.2, 0.25) is 0 Å². The molecule has 3 amide bonds. The first kappa shape index (κ1) is 30.2. The zero-order valence-corrected chi connectivity index (χ0v) is 20.4. The van der Waals surface area contributed by atoms with Crippen LogP contribution >= 0.6 is 12.6 Å². The highest BCUT2D eigenvalue weighted by Crippen LogP contribution is 2.12. The second-order valence-corrected chi connectivity index (χ2v) is 8.50. The fraction of sp³-hybridized carbons (Fsp3) is 0.545. The number of carbonyl (C=O) groups is 4. The molecule has 35 heavy (non-hydrogen) atoms. The van der Waals surface area contributed by atoms with Gasteiger partial charge in [0.15, 0.2) is 6.04 Å². The summed E-state index contributed by atoms with van der Waals surface area (Å²) in [6.07, 6.45) is -0.100. The van der Waals surface area contributed by atoms with E-state index in [2.05, 4.69) is 28.6 Å². The number of nitrogens with one attached hydrogen (secondary N) is 3. The number of nitrogens with two attached hydrogens (primary N) is 2. The molecule has 0 radical (unpaired) electrons. The molecular weight excluding hydrogens is 478 g/mol. The van der Waals surface area contributed by atoms with Crippen LogP contribution in [0.5, 0.6) is 5.75 Å². The lowest BCUT2D eigenvalue weighted by molar-refractivity contribution is -0.145. The van der Waals surface area contributed by atoms with E-state index in [9.17, 15) is 34.5 Å². The molecule has 0 saturated heterocycles. The number of hydrogen-bond acceptors (Lipinski definition) is 9. The van der Waals surface area contributed by atoms with Crippen LogP contribution in [-0.2, 0) is 25.6 Å². The molecule has 0 aromatic heterocycles. The Morgan fingerprint density at radius 3 is 2.06 bits per heavy atom. The van der Waals surface area contributed by atoms with Crippen molar-refractivity contribution in [2.75, 3.05) is 12.3 Å². The Bertz CT molecular complexity index is 853. The highest BCUT2D eigenvalue weighted by atomic mass is 32.1. The summed E-state index contributed by atoms with van der Waals surface area (Å²) < 4.78 is 0. The van der Waals surface area contributed by atoms with Crippen molar-refractivity contribution < 1.29 is 34.5 Å². The SMILES string of the molecule is CC(O)C(NC(=O)C(Cc1ccc(O)cc1)NC(=O)C(CCCCN)NC(=O)C(N)CS)C(=O)O. The van der Waals surface area contributed by atoms with Crippen molar-refractivity contribution in [2.45, 2.75) is 62.9 Å². The molecule has 1 aromatic rings. The number of unbranched alkanes of at least 4 members (excludes halogenated alkanes) is 1. The Morgan fingerprint density at radius 2 is 1.54 bits per heavy atom. The molecule has 1 aromatic carbocycles. The number of carboxylic acid groups (broad SMARTS) is 1. The van der Waals surface area contributed by atoms with E-state index in [1.807, 2.05) is 0 Å². The maximum absolute atomic E-state index is 13.1. The summed E-state index contributed by atoms with van der Waals surface area (Å²) in [7, 11) is 0. The Morgan fingerprint density at radius 1 is 0.971 bits per heavy atom. The second-order valence-electron chi connectivity index (χ2n) is 8.13. The van der Waals surface area contributed by atoms with Crippen molar-refractivity contribution in [3.05, 3.63) is 29.8 Å². The van der Waals surface area contributed by atoms with Crippen molar-refractivity contribution in [2.24, 2.45) is 11.5 Å². The van der Waals surface area contributed by atoms with Gasteiger partial charge in [-0.05, 0) is 50.4 Å². The van der Waals surface area contributed by atoms with Gasteiger partial charge in [0.25, 0.3) is 0 Å². The van der Waals surface area contributed by atoms with Gasteiger partial charge < -0.3 is 42.7 Å². The first-order valence-corrected chi connectivity index (χ1v) is 11.8. The van der Waals surface area contributed by atoms with Crippen LogP contribution in [0.3, 0.4) is 0 Å². The summed E-state index contributed by atoms with van der Waals surface area (Å²) >= 11 is 3.98. The normalized spacial score (nSPS) is 15.2. The van der Waals surface area contributed by atoms with Crippen LogP contribution in [-0.4, -0.2) is 81.6 Å². The zero-order chi connectivity index (χ0) is 26.5. The summed E-state index contributed by atoms with van der Waals surface area (Å²) in [5.74, 6) is -3.50. The van der Waals surface area contributed by atoms with Crippen LogP contribution in [0.4, 0.5) is 0 Å². The molecule has 196 valence electrons. The minimum atomic E-state index is -1.60. The maximum Gasteiger partial charge on any atom is 0.328 e. The Hall–Kier alpha value is -2.87. The number of carboxylic acids is 1. The largest absolute Gasteiger partial charge is 0.508 e. The first-order chi connectivity index (χ1) is 16.5. The van der Waals surface area contributed by atoms with Crippen LogP contribution in [0, 0.1) is 0 Å². The van der Waals surface area contributed by atoms with Crippen molar-refractivity contribution in [3.8, 4) is 5.75 Å². The molecule has 1 rings (SSSR count). The van der Waals surface area contributed by atoms with Crippen molar-refractivity contribution in [1.82, 2.24) is 16.0 Å². The number of carbonyl (C=O) groups excluding carboxylic acids is 3. The molecule has 0 aliphatic rings. The van der Waals surface area contributed by atoms with Crippen molar-refractivity contribution in [1.29, 1.82) is 0 Å². The van der Waals surface area contributed by atoms with Gasteiger partial charge in [-0.25, -0.2) is 4.79 Å². The van der Waals surface area contributed by atoms with Gasteiger partial charge in [0, 0.05) is 12.2 Å². The molecular formula is C22H35N5O7S. The molecule has 0 fully saturated rings. The monoisotopic (exact) mass is 513 g/mol. The van der Waals surface area contributed by atoms with Gasteiger partial charge in [0.05, 0.1) is 12.1 Å². The third kappa shape index (κ3) is 10.5. The van der Waals surface area contributed by atoms with Crippen LogP contribution in [0.15, 0.2) is 24.3 Å². The number of hydrogen-bond donors (Lipinski definition) is 9. The van der Waals surface area contributed by atoms with Gasteiger partial charge in [-0.2, -0.15) is 12.6 Å². The number of rotatable bonds is 15. The highest BCUT2D eigenvalue weighted by molar-refractivity contribution is 7.80. The fourth-order valence-electron chi connectivity index (χ4n) is 3.12. The molecule has 0 bridgehead atoms. The van der Waals surface area contributed by atoms with Crippen LogP contribution < -0.4 is 27.4 Å². The van der Waals surface area contributed by atoms with E-state index >= 15 is 0 Å². The third-order valence-corrected chi connectivity index (χ3v) is 5.56. The van der Waals surface area contributed by atoms with Gasteiger partial charge >= 0.3 is 5.97 Å². The van der Waals surface area contributed by atoms with Gasteiger partial charge in [-0.15, -0.1) is 0 Å². The lowest BCUT2D eigenvalue weighted by atomic mass is 10.0. The van der Waals surface area contributed by atoms with E-state index in [-0.39, 0.29) is 24.3 Å². The zero-order valence-electron chi connectivity index (χ0n) is 19.5. The molecule has 0 aliphatic heterocycles. The number of benzene rings is 1. The van der Waals surface area contributed by atoms with Gasteiger partial charge in [0.1, 0.15) is 17.8 Å². The molecule has 0 heterocycles. The average Bonchev–Trinajstić information content (AvgIpc) is 2.81. The Balaban J connectivity index is 3.13. The van der Waals surface area contributed by atoms with Crippen molar-refractivity contribution >= 4 is 36.3 Å². The predicted octanol–water partition coefficient (Wildman–Crippen LogP) is -1.76. The fourth-order valence-corrected chi connectivity index (χ4v) is 3.28. The smallest absolute Gasteiger partial charge is 0.328 e. The van der Waals surface area contributed by atoms with Crippen LogP contribution in [0.25, 0.3) is 0 Å². The molecule has 10 N–H and O–H groups in total.